The second-order valence-corrected chi connectivity index (χ2v) is 3.51. The Morgan fingerprint density at radius 2 is 0.941 bits per heavy atom. The van der Waals surface area contributed by atoms with Gasteiger partial charge in [0, 0.05) is 0 Å². The van der Waals surface area contributed by atoms with Crippen molar-refractivity contribution >= 4 is 0 Å². The molecule has 0 bridgehead atoms. The lowest BCUT2D eigenvalue weighted by Crippen LogP contribution is -1.86. The molecular formula is C15H18O2. The van der Waals surface area contributed by atoms with Gasteiger partial charge in [0.2, 0.25) is 0 Å². The van der Waals surface area contributed by atoms with E-state index in [0.29, 0.717) is 0 Å². The zero-order valence-electron chi connectivity index (χ0n) is 10.2. The Balaban J connectivity index is 0.000000686. The third-order valence-electron chi connectivity index (χ3n) is 2.28. The molecule has 0 aliphatic carbocycles. The maximum atomic E-state index is 9.13. The standard InChI is InChI=1S/C13H12O2.C2H6/c14-12-5-1-10(2-6-12)9-11-3-7-13(15)8-4-11;1-2/h1-8,14-15H,9H2;1-2H3. The first-order chi connectivity index (χ1) is 8.24. The van der Waals surface area contributed by atoms with Gasteiger partial charge >= 0.3 is 0 Å². The van der Waals surface area contributed by atoms with Crippen LogP contribution < -0.4 is 0 Å². The lowest BCUT2D eigenvalue weighted by Gasteiger charge is -2.02. The first kappa shape index (κ1) is 13.1. The van der Waals surface area contributed by atoms with E-state index in [1.165, 1.54) is 0 Å². The molecule has 0 spiro atoms. The Kier molecular flexibility index (Phi) is 5.08. The summed E-state index contributed by atoms with van der Waals surface area (Å²) in [6.45, 7) is 4.00. The summed E-state index contributed by atoms with van der Waals surface area (Å²) >= 11 is 0. The van der Waals surface area contributed by atoms with Gasteiger partial charge in [-0.15, -0.1) is 0 Å². The van der Waals surface area contributed by atoms with Crippen LogP contribution in [0.5, 0.6) is 11.5 Å². The average molecular weight is 230 g/mol. The molecule has 0 aliphatic heterocycles. The van der Waals surface area contributed by atoms with Crippen molar-refractivity contribution in [1.82, 2.24) is 0 Å². The van der Waals surface area contributed by atoms with Gasteiger partial charge in [-0.25, -0.2) is 0 Å². The van der Waals surface area contributed by atoms with Crippen LogP contribution in [-0.4, -0.2) is 10.2 Å². The minimum absolute atomic E-state index is 0.282. The molecule has 2 aromatic rings. The highest BCUT2D eigenvalue weighted by Gasteiger charge is 1.96. The molecule has 0 heterocycles. The lowest BCUT2D eigenvalue weighted by molar-refractivity contribution is 0.475. The van der Waals surface area contributed by atoms with Gasteiger partial charge in [-0.1, -0.05) is 38.1 Å². The van der Waals surface area contributed by atoms with Crippen LogP contribution in [0.25, 0.3) is 0 Å². The number of phenolic OH excluding ortho intramolecular Hbond substituents is 2. The van der Waals surface area contributed by atoms with Crippen molar-refractivity contribution in [2.75, 3.05) is 0 Å². The number of phenols is 2. The highest BCUT2D eigenvalue weighted by molar-refractivity contribution is 5.32. The van der Waals surface area contributed by atoms with E-state index in [1.807, 2.05) is 38.1 Å². The van der Waals surface area contributed by atoms with Crippen molar-refractivity contribution in [1.29, 1.82) is 0 Å². The van der Waals surface area contributed by atoms with E-state index >= 15 is 0 Å². The van der Waals surface area contributed by atoms with Crippen molar-refractivity contribution in [2.24, 2.45) is 0 Å². The van der Waals surface area contributed by atoms with Crippen molar-refractivity contribution in [2.45, 2.75) is 20.3 Å². The summed E-state index contributed by atoms with van der Waals surface area (Å²) in [6.07, 6.45) is 0.806. The molecule has 0 aromatic heterocycles. The highest BCUT2D eigenvalue weighted by atomic mass is 16.3. The molecular weight excluding hydrogens is 212 g/mol. The van der Waals surface area contributed by atoms with E-state index in [0.717, 1.165) is 17.5 Å². The molecule has 0 unspecified atom stereocenters. The SMILES string of the molecule is CC.Oc1ccc(Cc2ccc(O)cc2)cc1. The van der Waals surface area contributed by atoms with Gasteiger partial charge in [0.05, 0.1) is 0 Å². The van der Waals surface area contributed by atoms with Crippen LogP contribution in [0.1, 0.15) is 25.0 Å². The Hall–Kier alpha value is -1.96. The quantitative estimate of drug-likeness (QED) is 0.825. The smallest absolute Gasteiger partial charge is 0.115 e. The predicted molar refractivity (Wildman–Crippen MR) is 70.4 cm³/mol. The van der Waals surface area contributed by atoms with Gasteiger partial charge in [0.25, 0.3) is 0 Å². The van der Waals surface area contributed by atoms with Gasteiger partial charge in [-0.3, -0.25) is 0 Å². The molecule has 0 saturated heterocycles. The first-order valence-corrected chi connectivity index (χ1v) is 5.80. The van der Waals surface area contributed by atoms with E-state index in [-0.39, 0.29) is 11.5 Å². The first-order valence-electron chi connectivity index (χ1n) is 5.80. The molecule has 0 atom stereocenters. The summed E-state index contributed by atoms with van der Waals surface area (Å²) in [5.41, 5.74) is 2.27. The van der Waals surface area contributed by atoms with Crippen LogP contribution in [0.2, 0.25) is 0 Å². The summed E-state index contributed by atoms with van der Waals surface area (Å²) in [7, 11) is 0. The molecule has 90 valence electrons. The normalized spacial score (nSPS) is 9.29. The average Bonchev–Trinajstić information content (AvgIpc) is 2.37. The number of hydrogen-bond acceptors (Lipinski definition) is 2. The van der Waals surface area contributed by atoms with Gasteiger partial charge in [0.1, 0.15) is 11.5 Å². The third kappa shape index (κ3) is 4.19. The molecule has 0 fully saturated rings. The Morgan fingerprint density at radius 3 is 1.24 bits per heavy atom. The van der Waals surface area contributed by atoms with E-state index in [1.54, 1.807) is 24.3 Å². The van der Waals surface area contributed by atoms with Crippen LogP contribution in [0.4, 0.5) is 0 Å². The van der Waals surface area contributed by atoms with Crippen LogP contribution >= 0.6 is 0 Å². The molecule has 0 aliphatic rings. The largest absolute Gasteiger partial charge is 0.508 e. The van der Waals surface area contributed by atoms with Crippen LogP contribution in [-0.2, 0) is 6.42 Å². The minimum Gasteiger partial charge on any atom is -0.508 e. The summed E-state index contributed by atoms with van der Waals surface area (Å²) < 4.78 is 0. The fraction of sp³-hybridized carbons (Fsp3) is 0.200. The minimum atomic E-state index is 0.282. The Bertz CT molecular complexity index is 386. The number of hydrogen-bond donors (Lipinski definition) is 2. The zero-order chi connectivity index (χ0) is 12.7. The Labute approximate surface area is 102 Å². The fourth-order valence-electron chi connectivity index (χ4n) is 1.46. The highest BCUT2D eigenvalue weighted by Crippen LogP contribution is 2.15. The van der Waals surface area contributed by atoms with Gasteiger partial charge in [-0.05, 0) is 41.8 Å². The van der Waals surface area contributed by atoms with Gasteiger partial charge in [-0.2, -0.15) is 0 Å². The van der Waals surface area contributed by atoms with Gasteiger partial charge in [0.15, 0.2) is 0 Å². The van der Waals surface area contributed by atoms with E-state index in [9.17, 15) is 0 Å². The van der Waals surface area contributed by atoms with Crippen molar-refractivity contribution in [3.63, 3.8) is 0 Å². The van der Waals surface area contributed by atoms with Crippen molar-refractivity contribution in [3.8, 4) is 11.5 Å². The van der Waals surface area contributed by atoms with Crippen LogP contribution in [0.15, 0.2) is 48.5 Å². The molecule has 2 aromatic carbocycles. The third-order valence-corrected chi connectivity index (χ3v) is 2.28. The molecule has 0 saturated carbocycles. The second kappa shape index (κ2) is 6.59. The van der Waals surface area contributed by atoms with E-state index in [2.05, 4.69) is 0 Å². The van der Waals surface area contributed by atoms with Crippen LogP contribution in [0.3, 0.4) is 0 Å². The maximum Gasteiger partial charge on any atom is 0.115 e. The molecule has 0 amide bonds. The van der Waals surface area contributed by atoms with Gasteiger partial charge < -0.3 is 10.2 Å². The Morgan fingerprint density at radius 1 is 0.647 bits per heavy atom. The van der Waals surface area contributed by atoms with Crippen molar-refractivity contribution in [3.05, 3.63) is 59.7 Å². The zero-order valence-corrected chi connectivity index (χ0v) is 10.2. The predicted octanol–water partition coefficient (Wildman–Crippen LogP) is 3.71. The lowest BCUT2D eigenvalue weighted by atomic mass is 10.1. The van der Waals surface area contributed by atoms with E-state index < -0.39 is 0 Å². The summed E-state index contributed by atoms with van der Waals surface area (Å²) in [4.78, 5) is 0. The molecule has 2 N–H and O–H groups in total. The number of rotatable bonds is 2. The van der Waals surface area contributed by atoms with Crippen LogP contribution in [0, 0.1) is 0 Å². The van der Waals surface area contributed by atoms with E-state index in [4.69, 9.17) is 10.2 Å². The summed E-state index contributed by atoms with van der Waals surface area (Å²) in [6, 6.07) is 14.3. The summed E-state index contributed by atoms with van der Waals surface area (Å²) in [5, 5.41) is 18.3. The van der Waals surface area contributed by atoms with Crippen molar-refractivity contribution < 1.29 is 10.2 Å². The maximum absolute atomic E-state index is 9.13. The fourth-order valence-corrected chi connectivity index (χ4v) is 1.46. The molecule has 2 heteroatoms. The molecule has 17 heavy (non-hydrogen) atoms. The number of aromatic hydroxyl groups is 2. The summed E-state index contributed by atoms with van der Waals surface area (Å²) in [5.74, 6) is 0.564. The molecule has 2 rings (SSSR count). The topological polar surface area (TPSA) is 40.5 Å². The molecule has 0 radical (unpaired) electrons. The second-order valence-electron chi connectivity index (χ2n) is 3.51. The monoisotopic (exact) mass is 230 g/mol. The number of benzene rings is 2. The molecule has 2 nitrogen and oxygen atoms in total.